The van der Waals surface area contributed by atoms with Crippen LogP contribution < -0.4 is 16.0 Å². The highest BCUT2D eigenvalue weighted by molar-refractivity contribution is 7.99. The number of thioether (sulfide) groups is 1. The quantitative estimate of drug-likeness (QED) is 0.313. The van der Waals surface area contributed by atoms with Crippen molar-refractivity contribution in [3.63, 3.8) is 0 Å². The van der Waals surface area contributed by atoms with Crippen molar-refractivity contribution in [3.05, 3.63) is 89.7 Å². The molecule has 7 heteroatoms. The van der Waals surface area contributed by atoms with Gasteiger partial charge in [0.1, 0.15) is 5.82 Å². The molecule has 0 aromatic heterocycles. The Kier molecular flexibility index (Phi) is 8.06. The molecule has 0 heterocycles. The summed E-state index contributed by atoms with van der Waals surface area (Å²) in [5.41, 5.74) is 2.61. The number of aryl methyl sites for hydroxylation is 1. The lowest BCUT2D eigenvalue weighted by atomic mass is 10.1. The lowest BCUT2D eigenvalue weighted by Crippen LogP contribution is -2.30. The summed E-state index contributed by atoms with van der Waals surface area (Å²) in [6, 6.07) is 20.4. The molecule has 0 aliphatic rings. The Labute approximate surface area is 185 Å². The molecular weight excluding hydrogens is 413 g/mol. The topological polar surface area (TPSA) is 70.2 Å². The van der Waals surface area contributed by atoms with Crippen molar-refractivity contribution in [1.29, 1.82) is 0 Å². The summed E-state index contributed by atoms with van der Waals surface area (Å²) in [5.74, 6) is 0.312. The van der Waals surface area contributed by atoms with Gasteiger partial charge in [-0.1, -0.05) is 24.3 Å². The maximum atomic E-state index is 12.9. The number of para-hydroxylation sites is 1. The lowest BCUT2D eigenvalue weighted by Gasteiger charge is -2.12. The molecule has 3 aromatic rings. The molecule has 5 nitrogen and oxygen atoms in total. The molecule has 0 radical (unpaired) electrons. The van der Waals surface area contributed by atoms with E-state index in [9.17, 15) is 14.0 Å². The standard InChI is InChI=1S/C24H24FN3O2S/c1-17-8-9-18(23(29)27-20-6-3-2-4-7-20)16-22(17)28-24(30)26-14-5-15-31-21-12-10-19(25)11-13-21/h2-4,6-13,16H,5,14-15H2,1H3,(H,27,29)(H2,26,28,30). The van der Waals surface area contributed by atoms with Gasteiger partial charge < -0.3 is 16.0 Å². The Morgan fingerprint density at radius 2 is 1.68 bits per heavy atom. The Balaban J connectivity index is 1.46. The van der Waals surface area contributed by atoms with Crippen molar-refractivity contribution in [1.82, 2.24) is 5.32 Å². The average Bonchev–Trinajstić information content (AvgIpc) is 2.77. The van der Waals surface area contributed by atoms with Crippen molar-refractivity contribution < 1.29 is 14.0 Å². The zero-order valence-electron chi connectivity index (χ0n) is 17.2. The van der Waals surface area contributed by atoms with Gasteiger partial charge in [0.25, 0.3) is 5.91 Å². The Hall–Kier alpha value is -3.32. The number of carbonyl (C=O) groups is 2. The zero-order chi connectivity index (χ0) is 22.1. The molecule has 0 spiro atoms. The predicted octanol–water partition coefficient (Wildman–Crippen LogP) is 5.69. The molecule has 3 amide bonds. The first-order chi connectivity index (χ1) is 15.0. The fourth-order valence-corrected chi connectivity index (χ4v) is 3.64. The van der Waals surface area contributed by atoms with E-state index < -0.39 is 0 Å². The van der Waals surface area contributed by atoms with Gasteiger partial charge >= 0.3 is 6.03 Å². The lowest BCUT2D eigenvalue weighted by molar-refractivity contribution is 0.102. The van der Waals surface area contributed by atoms with Crippen LogP contribution >= 0.6 is 11.8 Å². The van der Waals surface area contributed by atoms with Gasteiger partial charge in [-0.15, -0.1) is 11.8 Å². The first-order valence-corrected chi connectivity index (χ1v) is 10.9. The van der Waals surface area contributed by atoms with Crippen LogP contribution in [0.3, 0.4) is 0 Å². The van der Waals surface area contributed by atoms with E-state index in [2.05, 4.69) is 16.0 Å². The van der Waals surface area contributed by atoms with E-state index in [4.69, 9.17) is 0 Å². The number of anilines is 2. The van der Waals surface area contributed by atoms with Crippen molar-refractivity contribution >= 4 is 35.1 Å². The number of hydrogen-bond acceptors (Lipinski definition) is 3. The van der Waals surface area contributed by atoms with Gasteiger partial charge in [-0.25, -0.2) is 9.18 Å². The highest BCUT2D eigenvalue weighted by atomic mass is 32.2. The van der Waals surface area contributed by atoms with Crippen LogP contribution in [-0.4, -0.2) is 24.2 Å². The highest BCUT2D eigenvalue weighted by Gasteiger charge is 2.10. The summed E-state index contributed by atoms with van der Waals surface area (Å²) >= 11 is 1.61. The maximum Gasteiger partial charge on any atom is 0.319 e. The molecule has 0 unspecified atom stereocenters. The fourth-order valence-electron chi connectivity index (χ4n) is 2.78. The Morgan fingerprint density at radius 3 is 2.42 bits per heavy atom. The minimum atomic E-state index is -0.324. The average molecular weight is 438 g/mol. The van der Waals surface area contributed by atoms with Gasteiger partial charge in [-0.2, -0.15) is 0 Å². The molecule has 0 saturated carbocycles. The van der Waals surface area contributed by atoms with Gasteiger partial charge in [0.2, 0.25) is 0 Å². The van der Waals surface area contributed by atoms with Crippen molar-refractivity contribution in [2.45, 2.75) is 18.2 Å². The molecule has 0 atom stereocenters. The van der Waals surface area contributed by atoms with Crippen molar-refractivity contribution in [2.24, 2.45) is 0 Å². The second-order valence-electron chi connectivity index (χ2n) is 6.89. The van der Waals surface area contributed by atoms with Gasteiger partial charge in [0, 0.05) is 28.4 Å². The minimum Gasteiger partial charge on any atom is -0.338 e. The van der Waals surface area contributed by atoms with Gasteiger partial charge in [0.15, 0.2) is 0 Å². The molecule has 0 bridgehead atoms. The summed E-state index contributed by atoms with van der Waals surface area (Å²) in [7, 11) is 0. The fraction of sp³-hybridized carbons (Fsp3) is 0.167. The summed E-state index contributed by atoms with van der Waals surface area (Å²) in [6.07, 6.45) is 0.772. The number of carbonyl (C=O) groups excluding carboxylic acids is 2. The molecule has 31 heavy (non-hydrogen) atoms. The highest BCUT2D eigenvalue weighted by Crippen LogP contribution is 2.19. The van der Waals surface area contributed by atoms with Crippen LogP contribution in [0.5, 0.6) is 0 Å². The monoisotopic (exact) mass is 437 g/mol. The van der Waals surface area contributed by atoms with Gasteiger partial charge in [-0.3, -0.25) is 4.79 Å². The van der Waals surface area contributed by atoms with Crippen LogP contribution in [-0.2, 0) is 0 Å². The third-order valence-corrected chi connectivity index (χ3v) is 5.57. The second-order valence-corrected chi connectivity index (χ2v) is 8.06. The molecule has 3 rings (SSSR count). The number of benzene rings is 3. The van der Waals surface area contributed by atoms with E-state index >= 15 is 0 Å². The van der Waals surface area contributed by atoms with Crippen molar-refractivity contribution in [2.75, 3.05) is 22.9 Å². The first kappa shape index (κ1) is 22.4. The van der Waals surface area contributed by atoms with E-state index in [1.54, 1.807) is 42.1 Å². The van der Waals surface area contributed by atoms with Crippen LogP contribution in [0.2, 0.25) is 0 Å². The molecule has 3 aromatic carbocycles. The van der Waals surface area contributed by atoms with Crippen LogP contribution in [0.1, 0.15) is 22.3 Å². The molecule has 0 fully saturated rings. The van der Waals surface area contributed by atoms with E-state index in [1.165, 1.54) is 12.1 Å². The molecule has 0 saturated heterocycles. The summed E-state index contributed by atoms with van der Waals surface area (Å²) in [5, 5.41) is 8.46. The summed E-state index contributed by atoms with van der Waals surface area (Å²) < 4.78 is 12.9. The third-order valence-electron chi connectivity index (χ3n) is 4.47. The number of rotatable bonds is 8. The van der Waals surface area contributed by atoms with E-state index in [-0.39, 0.29) is 17.8 Å². The van der Waals surface area contributed by atoms with Crippen LogP contribution in [0.15, 0.2) is 77.7 Å². The second kappa shape index (κ2) is 11.2. The van der Waals surface area contributed by atoms with E-state index in [1.807, 2.05) is 37.3 Å². The number of nitrogens with one attached hydrogen (secondary N) is 3. The smallest absolute Gasteiger partial charge is 0.319 e. The van der Waals surface area contributed by atoms with E-state index in [0.29, 0.717) is 23.5 Å². The number of halogens is 1. The molecule has 160 valence electrons. The number of hydrogen-bond donors (Lipinski definition) is 3. The Morgan fingerprint density at radius 1 is 0.935 bits per heavy atom. The van der Waals surface area contributed by atoms with Gasteiger partial charge in [-0.05, 0) is 73.2 Å². The van der Waals surface area contributed by atoms with E-state index in [0.717, 1.165) is 22.6 Å². The van der Waals surface area contributed by atoms with Crippen LogP contribution in [0, 0.1) is 12.7 Å². The molecule has 0 aliphatic heterocycles. The van der Waals surface area contributed by atoms with Crippen LogP contribution in [0.4, 0.5) is 20.6 Å². The summed E-state index contributed by atoms with van der Waals surface area (Å²) in [6.45, 7) is 2.38. The molecular formula is C24H24FN3O2S. The zero-order valence-corrected chi connectivity index (χ0v) is 18.0. The van der Waals surface area contributed by atoms with Gasteiger partial charge in [0.05, 0.1) is 0 Å². The molecule has 0 aliphatic carbocycles. The summed E-state index contributed by atoms with van der Waals surface area (Å²) in [4.78, 5) is 25.7. The SMILES string of the molecule is Cc1ccc(C(=O)Nc2ccccc2)cc1NC(=O)NCCCSc1ccc(F)cc1. The largest absolute Gasteiger partial charge is 0.338 e. The normalized spacial score (nSPS) is 10.4. The van der Waals surface area contributed by atoms with Crippen molar-refractivity contribution in [3.8, 4) is 0 Å². The minimum absolute atomic E-state index is 0.243. The number of urea groups is 1. The molecule has 3 N–H and O–H groups in total. The third kappa shape index (κ3) is 7.15. The Bertz CT molecular complexity index is 1030. The predicted molar refractivity (Wildman–Crippen MR) is 124 cm³/mol. The number of amides is 3. The maximum absolute atomic E-state index is 12.9. The first-order valence-electron chi connectivity index (χ1n) is 9.91. The van der Waals surface area contributed by atoms with Crippen LogP contribution in [0.25, 0.3) is 0 Å².